The van der Waals surface area contributed by atoms with Crippen LogP contribution in [0.5, 0.6) is 5.75 Å². The van der Waals surface area contributed by atoms with Crippen molar-refractivity contribution in [2.24, 2.45) is 0 Å². The van der Waals surface area contributed by atoms with Gasteiger partial charge in [0.25, 0.3) is 5.91 Å². The summed E-state index contributed by atoms with van der Waals surface area (Å²) >= 11 is 6.32. The maximum absolute atomic E-state index is 13.5. The number of aliphatic carboxylic acids is 1. The highest BCUT2D eigenvalue weighted by Gasteiger charge is 2.35. The number of carboxylic acid groups (broad SMARTS) is 1. The molecule has 0 aliphatic carbocycles. The number of fused-ring (bicyclic) bond motifs is 1. The van der Waals surface area contributed by atoms with Gasteiger partial charge in [-0.05, 0) is 58.9 Å². The van der Waals surface area contributed by atoms with Crippen LogP contribution < -0.4 is 4.74 Å². The van der Waals surface area contributed by atoms with Crippen LogP contribution in [0.1, 0.15) is 66.7 Å². The van der Waals surface area contributed by atoms with Crippen LogP contribution in [0.3, 0.4) is 0 Å². The van der Waals surface area contributed by atoms with E-state index in [0.29, 0.717) is 17.0 Å². The molecule has 4 rings (SSSR count). The van der Waals surface area contributed by atoms with Crippen molar-refractivity contribution in [2.75, 3.05) is 6.54 Å². The van der Waals surface area contributed by atoms with Crippen LogP contribution >= 0.6 is 11.6 Å². The molecule has 1 amide bonds. The Kier molecular flexibility index (Phi) is 7.65. The Morgan fingerprint density at radius 1 is 1.05 bits per heavy atom. The van der Waals surface area contributed by atoms with Gasteiger partial charge < -0.3 is 14.7 Å². The average molecular weight is 520 g/mol. The van der Waals surface area contributed by atoms with Crippen molar-refractivity contribution in [1.29, 1.82) is 0 Å². The number of benzene rings is 3. The first-order chi connectivity index (χ1) is 17.4. The molecule has 37 heavy (non-hydrogen) atoms. The van der Waals surface area contributed by atoms with Crippen LogP contribution in [-0.2, 0) is 29.6 Å². The third-order valence-electron chi connectivity index (χ3n) is 6.83. The Morgan fingerprint density at radius 2 is 1.76 bits per heavy atom. The summed E-state index contributed by atoms with van der Waals surface area (Å²) in [6.07, 6.45) is 1.30. The third-order valence-corrected chi connectivity index (χ3v) is 7.20. The third kappa shape index (κ3) is 6.53. The topological polar surface area (TPSA) is 66.8 Å². The van der Waals surface area contributed by atoms with Crippen molar-refractivity contribution in [3.63, 3.8) is 0 Å². The second-order valence-corrected chi connectivity index (χ2v) is 11.5. The highest BCUT2D eigenvalue weighted by atomic mass is 35.5. The van der Waals surface area contributed by atoms with Gasteiger partial charge in [0.2, 0.25) is 0 Å². The minimum absolute atomic E-state index is 0.0925. The van der Waals surface area contributed by atoms with Crippen molar-refractivity contribution < 1.29 is 19.4 Å². The second kappa shape index (κ2) is 10.6. The molecular formula is C31H34ClNO4. The summed E-state index contributed by atoms with van der Waals surface area (Å²) in [7, 11) is 0. The van der Waals surface area contributed by atoms with Gasteiger partial charge in [0.15, 0.2) is 0 Å². The van der Waals surface area contributed by atoms with E-state index in [-0.39, 0.29) is 30.8 Å². The molecule has 1 aliphatic heterocycles. The zero-order chi connectivity index (χ0) is 26.8. The van der Waals surface area contributed by atoms with E-state index in [1.165, 1.54) is 11.1 Å². The minimum Gasteiger partial charge on any atom is -0.487 e. The Bertz CT molecular complexity index is 1300. The molecule has 3 aromatic rings. The average Bonchev–Trinajstić information content (AvgIpc) is 3.16. The fraction of sp³-hybridized carbons (Fsp3) is 0.355. The Labute approximate surface area is 224 Å². The SMILES string of the molecule is CC(C)(C)c1ccc(C[C@]2(C)Cc3cc(C(=O)N(CCC(=O)O)Cc4ccccc4Cl)ccc3O2)cc1. The molecule has 1 aliphatic rings. The van der Waals surface area contributed by atoms with Gasteiger partial charge >= 0.3 is 5.97 Å². The van der Waals surface area contributed by atoms with Crippen LogP contribution in [-0.4, -0.2) is 34.0 Å². The summed E-state index contributed by atoms with van der Waals surface area (Å²) in [6, 6.07) is 21.5. The standard InChI is InChI=1S/C31H34ClNO4/c1-30(2,3)25-12-9-21(10-13-25)18-31(4)19-24-17-22(11-14-27(24)37-31)29(36)33(16-15-28(34)35)20-23-7-5-6-8-26(23)32/h5-14,17H,15-16,18-20H2,1-4H3,(H,34,35)/t31-/m1/s1. The molecule has 1 atom stereocenters. The summed E-state index contributed by atoms with van der Waals surface area (Å²) in [5.41, 5.74) is 4.47. The first-order valence-corrected chi connectivity index (χ1v) is 13.0. The first kappa shape index (κ1) is 26.7. The zero-order valence-electron chi connectivity index (χ0n) is 21.9. The molecule has 0 aromatic heterocycles. The van der Waals surface area contributed by atoms with Gasteiger partial charge in [-0.2, -0.15) is 0 Å². The molecule has 0 spiro atoms. The molecule has 0 saturated carbocycles. The normalized spacial score (nSPS) is 16.7. The van der Waals surface area contributed by atoms with E-state index in [1.54, 1.807) is 17.0 Å². The van der Waals surface area contributed by atoms with Gasteiger partial charge in [-0.3, -0.25) is 9.59 Å². The van der Waals surface area contributed by atoms with Crippen LogP contribution in [0.15, 0.2) is 66.7 Å². The van der Waals surface area contributed by atoms with Crippen LogP contribution in [0, 0.1) is 0 Å². The van der Waals surface area contributed by atoms with Crippen molar-refractivity contribution in [1.82, 2.24) is 4.90 Å². The van der Waals surface area contributed by atoms with Crippen molar-refractivity contribution in [2.45, 2.75) is 64.5 Å². The maximum atomic E-state index is 13.5. The summed E-state index contributed by atoms with van der Waals surface area (Å²) < 4.78 is 6.36. The van der Waals surface area contributed by atoms with Crippen molar-refractivity contribution >= 4 is 23.5 Å². The monoisotopic (exact) mass is 519 g/mol. The number of halogens is 1. The molecule has 0 radical (unpaired) electrons. The molecule has 194 valence electrons. The number of hydrogen-bond acceptors (Lipinski definition) is 3. The number of amides is 1. The van der Waals surface area contributed by atoms with E-state index in [0.717, 1.165) is 23.3 Å². The highest BCUT2D eigenvalue weighted by molar-refractivity contribution is 6.31. The van der Waals surface area contributed by atoms with Crippen molar-refractivity contribution in [3.8, 4) is 5.75 Å². The lowest BCUT2D eigenvalue weighted by Gasteiger charge is -2.25. The van der Waals surface area contributed by atoms with E-state index in [4.69, 9.17) is 16.3 Å². The van der Waals surface area contributed by atoms with E-state index in [2.05, 4.69) is 52.0 Å². The fourth-order valence-electron chi connectivity index (χ4n) is 4.81. The quantitative estimate of drug-likeness (QED) is 0.360. The molecule has 0 saturated heterocycles. The summed E-state index contributed by atoms with van der Waals surface area (Å²) in [6.45, 7) is 9.04. The summed E-state index contributed by atoms with van der Waals surface area (Å²) in [5.74, 6) is -0.394. The molecule has 1 heterocycles. The van der Waals surface area contributed by atoms with E-state index < -0.39 is 11.6 Å². The Hall–Kier alpha value is -3.31. The number of nitrogens with zero attached hydrogens (tertiary/aromatic N) is 1. The zero-order valence-corrected chi connectivity index (χ0v) is 22.6. The largest absolute Gasteiger partial charge is 0.487 e. The molecule has 6 heteroatoms. The lowest BCUT2D eigenvalue weighted by Crippen LogP contribution is -2.33. The number of hydrogen-bond donors (Lipinski definition) is 1. The van der Waals surface area contributed by atoms with Crippen molar-refractivity contribution in [3.05, 3.63) is 99.6 Å². The van der Waals surface area contributed by atoms with Crippen LogP contribution in [0.2, 0.25) is 5.02 Å². The molecule has 0 bridgehead atoms. The van der Waals surface area contributed by atoms with Crippen LogP contribution in [0.4, 0.5) is 0 Å². The van der Waals surface area contributed by atoms with Gasteiger partial charge in [0.05, 0.1) is 6.42 Å². The Balaban J connectivity index is 1.51. The minimum atomic E-state index is -0.953. The number of ether oxygens (including phenoxy) is 1. The fourth-order valence-corrected chi connectivity index (χ4v) is 5.00. The molecule has 3 aromatic carbocycles. The predicted octanol–water partition coefficient (Wildman–Crippen LogP) is 6.69. The number of carbonyl (C=O) groups is 2. The van der Waals surface area contributed by atoms with Gasteiger partial charge in [0, 0.05) is 36.5 Å². The second-order valence-electron chi connectivity index (χ2n) is 11.1. The maximum Gasteiger partial charge on any atom is 0.305 e. The predicted molar refractivity (Wildman–Crippen MR) is 146 cm³/mol. The van der Waals surface area contributed by atoms with E-state index >= 15 is 0 Å². The van der Waals surface area contributed by atoms with E-state index in [1.807, 2.05) is 30.3 Å². The molecule has 0 fully saturated rings. The molecular weight excluding hydrogens is 486 g/mol. The lowest BCUT2D eigenvalue weighted by atomic mass is 9.85. The number of carbonyl (C=O) groups excluding carboxylic acids is 1. The van der Waals surface area contributed by atoms with Crippen LogP contribution in [0.25, 0.3) is 0 Å². The number of rotatable bonds is 8. The highest BCUT2D eigenvalue weighted by Crippen LogP contribution is 2.38. The molecule has 0 unspecified atom stereocenters. The first-order valence-electron chi connectivity index (χ1n) is 12.6. The molecule has 1 N–H and O–H groups in total. The van der Waals surface area contributed by atoms with Gasteiger partial charge in [0.1, 0.15) is 11.4 Å². The smallest absolute Gasteiger partial charge is 0.305 e. The summed E-state index contributed by atoms with van der Waals surface area (Å²) in [5, 5.41) is 9.76. The summed E-state index contributed by atoms with van der Waals surface area (Å²) in [4.78, 5) is 26.3. The lowest BCUT2D eigenvalue weighted by molar-refractivity contribution is -0.137. The Morgan fingerprint density at radius 3 is 2.41 bits per heavy atom. The number of carboxylic acids is 1. The van der Waals surface area contributed by atoms with Gasteiger partial charge in [-0.15, -0.1) is 0 Å². The van der Waals surface area contributed by atoms with E-state index in [9.17, 15) is 14.7 Å². The van der Waals surface area contributed by atoms with Gasteiger partial charge in [-0.1, -0.05) is 74.8 Å². The molecule has 5 nitrogen and oxygen atoms in total. The van der Waals surface area contributed by atoms with Gasteiger partial charge in [-0.25, -0.2) is 0 Å².